The molecule has 1 aliphatic heterocycles. The number of nitrogens with zero attached hydrogens (tertiary/aromatic N) is 1. The molecule has 0 radical (unpaired) electrons. The van der Waals surface area contributed by atoms with E-state index in [0.29, 0.717) is 13.0 Å². The molecule has 1 aliphatic rings. The molecular weight excluding hydrogens is 296 g/mol. The first kappa shape index (κ1) is 15.9. The van der Waals surface area contributed by atoms with Crippen LogP contribution in [0.4, 0.5) is 0 Å². The van der Waals surface area contributed by atoms with Crippen molar-refractivity contribution in [2.24, 2.45) is 0 Å². The minimum atomic E-state index is -3.72. The Hall–Kier alpha value is -1.48. The highest BCUT2D eigenvalue weighted by atomic mass is 32.2. The maximum absolute atomic E-state index is 12.2. The van der Waals surface area contributed by atoms with Gasteiger partial charge < -0.3 is 9.84 Å². The summed E-state index contributed by atoms with van der Waals surface area (Å²) in [5, 5.41) is 8.84. The first-order chi connectivity index (χ1) is 9.94. The molecule has 7 nitrogen and oxygen atoms in total. The zero-order chi connectivity index (χ0) is 15.5. The Morgan fingerprint density at radius 2 is 2.10 bits per heavy atom. The number of carboxylic acid groups (broad SMARTS) is 1. The second kappa shape index (κ2) is 6.52. The van der Waals surface area contributed by atoms with E-state index in [4.69, 9.17) is 9.84 Å². The SMILES string of the molecule is COC(CNS(=O)(=O)N1CCc2ccccc2C1)C(=O)O. The Bertz CT molecular complexity index is 617. The van der Waals surface area contributed by atoms with Crippen molar-refractivity contribution in [2.45, 2.75) is 19.1 Å². The van der Waals surface area contributed by atoms with E-state index >= 15 is 0 Å². The number of benzene rings is 1. The predicted octanol–water partition coefficient (Wildman–Crippen LogP) is -0.0213. The molecule has 0 saturated carbocycles. The second-order valence-corrected chi connectivity index (χ2v) is 6.52. The molecule has 1 aromatic carbocycles. The van der Waals surface area contributed by atoms with Crippen LogP contribution in [-0.4, -0.2) is 50.1 Å². The minimum Gasteiger partial charge on any atom is -0.479 e. The summed E-state index contributed by atoms with van der Waals surface area (Å²) in [4.78, 5) is 10.8. The van der Waals surface area contributed by atoms with Gasteiger partial charge in [-0.25, -0.2) is 4.79 Å². The van der Waals surface area contributed by atoms with E-state index in [2.05, 4.69) is 4.72 Å². The number of hydrogen-bond acceptors (Lipinski definition) is 4. The van der Waals surface area contributed by atoms with Crippen LogP contribution >= 0.6 is 0 Å². The molecule has 0 amide bonds. The summed E-state index contributed by atoms with van der Waals surface area (Å²) in [5.41, 5.74) is 2.11. The molecule has 0 aliphatic carbocycles. The van der Waals surface area contributed by atoms with Crippen LogP contribution in [0.5, 0.6) is 0 Å². The lowest BCUT2D eigenvalue weighted by atomic mass is 10.0. The molecule has 8 heteroatoms. The van der Waals surface area contributed by atoms with Crippen LogP contribution in [0.1, 0.15) is 11.1 Å². The molecule has 0 fully saturated rings. The van der Waals surface area contributed by atoms with Gasteiger partial charge in [-0.3, -0.25) is 0 Å². The number of hydrogen-bond donors (Lipinski definition) is 2. The summed E-state index contributed by atoms with van der Waals surface area (Å²) in [7, 11) is -2.50. The summed E-state index contributed by atoms with van der Waals surface area (Å²) in [6.45, 7) is 0.361. The standard InChI is InChI=1S/C13H18N2O5S/c1-20-12(13(16)17)8-14-21(18,19)15-7-6-10-4-2-3-5-11(10)9-15/h2-5,12,14H,6-9H2,1H3,(H,16,17). The van der Waals surface area contributed by atoms with E-state index in [-0.39, 0.29) is 13.1 Å². The molecule has 116 valence electrons. The van der Waals surface area contributed by atoms with Gasteiger partial charge in [-0.2, -0.15) is 17.4 Å². The van der Waals surface area contributed by atoms with E-state index < -0.39 is 22.3 Å². The van der Waals surface area contributed by atoms with Gasteiger partial charge in [0.15, 0.2) is 6.10 Å². The Balaban J connectivity index is 2.03. The van der Waals surface area contributed by atoms with Gasteiger partial charge in [0, 0.05) is 26.7 Å². The van der Waals surface area contributed by atoms with Crippen LogP contribution in [0.2, 0.25) is 0 Å². The summed E-state index contributed by atoms with van der Waals surface area (Å²) in [6.07, 6.45) is -0.555. The lowest BCUT2D eigenvalue weighted by molar-refractivity contribution is -0.147. The Labute approximate surface area is 123 Å². The van der Waals surface area contributed by atoms with E-state index in [1.165, 1.54) is 11.4 Å². The van der Waals surface area contributed by atoms with Gasteiger partial charge in [-0.05, 0) is 17.5 Å². The molecule has 1 aromatic rings. The van der Waals surface area contributed by atoms with Crippen molar-refractivity contribution >= 4 is 16.2 Å². The van der Waals surface area contributed by atoms with Crippen LogP contribution in [0, 0.1) is 0 Å². The van der Waals surface area contributed by atoms with Crippen molar-refractivity contribution in [3.05, 3.63) is 35.4 Å². The third-order valence-electron chi connectivity index (χ3n) is 3.45. The molecule has 0 spiro atoms. The highest BCUT2D eigenvalue weighted by Gasteiger charge is 2.28. The summed E-state index contributed by atoms with van der Waals surface area (Å²) in [5.74, 6) is -1.20. The largest absolute Gasteiger partial charge is 0.479 e. The fourth-order valence-corrected chi connectivity index (χ4v) is 3.40. The van der Waals surface area contributed by atoms with Crippen LogP contribution in [0.15, 0.2) is 24.3 Å². The van der Waals surface area contributed by atoms with Gasteiger partial charge in [0.25, 0.3) is 10.2 Å². The van der Waals surface area contributed by atoms with E-state index in [0.717, 1.165) is 11.1 Å². The topological polar surface area (TPSA) is 95.9 Å². The summed E-state index contributed by atoms with van der Waals surface area (Å²) < 4.78 is 32.7. The van der Waals surface area contributed by atoms with Gasteiger partial charge in [-0.1, -0.05) is 24.3 Å². The monoisotopic (exact) mass is 314 g/mol. The fraction of sp³-hybridized carbons (Fsp3) is 0.462. The highest BCUT2D eigenvalue weighted by molar-refractivity contribution is 7.87. The second-order valence-electron chi connectivity index (χ2n) is 4.77. The van der Waals surface area contributed by atoms with E-state index in [1.807, 2.05) is 24.3 Å². The Morgan fingerprint density at radius 3 is 2.71 bits per heavy atom. The van der Waals surface area contributed by atoms with Crippen molar-refractivity contribution in [1.82, 2.24) is 9.03 Å². The van der Waals surface area contributed by atoms with Crippen molar-refractivity contribution in [3.63, 3.8) is 0 Å². The molecule has 1 atom stereocenters. The summed E-state index contributed by atoms with van der Waals surface area (Å²) in [6, 6.07) is 7.68. The fourth-order valence-electron chi connectivity index (χ4n) is 2.22. The van der Waals surface area contributed by atoms with E-state index in [1.54, 1.807) is 0 Å². The lowest BCUT2D eigenvalue weighted by Crippen LogP contribution is -2.47. The number of aliphatic carboxylic acids is 1. The molecule has 2 rings (SSSR count). The molecule has 0 aromatic heterocycles. The molecule has 0 bridgehead atoms. The molecule has 21 heavy (non-hydrogen) atoms. The number of carboxylic acids is 1. The quantitative estimate of drug-likeness (QED) is 0.769. The van der Waals surface area contributed by atoms with Crippen LogP contribution in [-0.2, 0) is 32.7 Å². The molecule has 2 N–H and O–H groups in total. The van der Waals surface area contributed by atoms with Crippen molar-refractivity contribution < 1.29 is 23.1 Å². The van der Waals surface area contributed by atoms with Crippen molar-refractivity contribution in [3.8, 4) is 0 Å². The first-order valence-corrected chi connectivity index (χ1v) is 7.95. The zero-order valence-corrected chi connectivity index (χ0v) is 12.5. The molecule has 1 unspecified atom stereocenters. The maximum atomic E-state index is 12.2. The van der Waals surface area contributed by atoms with Gasteiger partial charge in [-0.15, -0.1) is 0 Å². The number of ether oxygens (including phenoxy) is 1. The highest BCUT2D eigenvalue weighted by Crippen LogP contribution is 2.20. The number of carbonyl (C=O) groups is 1. The lowest BCUT2D eigenvalue weighted by Gasteiger charge is -2.28. The normalized spacial score (nSPS) is 17.2. The predicted molar refractivity (Wildman–Crippen MR) is 75.9 cm³/mol. The number of fused-ring (bicyclic) bond motifs is 1. The number of rotatable bonds is 6. The number of nitrogens with one attached hydrogen (secondary N) is 1. The van der Waals surface area contributed by atoms with Gasteiger partial charge >= 0.3 is 5.97 Å². The summed E-state index contributed by atoms with van der Waals surface area (Å²) >= 11 is 0. The zero-order valence-electron chi connectivity index (χ0n) is 11.7. The maximum Gasteiger partial charge on any atom is 0.334 e. The number of methoxy groups -OCH3 is 1. The first-order valence-electron chi connectivity index (χ1n) is 6.51. The van der Waals surface area contributed by atoms with Crippen molar-refractivity contribution in [2.75, 3.05) is 20.2 Å². The Morgan fingerprint density at radius 1 is 1.43 bits per heavy atom. The third-order valence-corrected chi connectivity index (χ3v) is 4.97. The van der Waals surface area contributed by atoms with Crippen LogP contribution in [0.3, 0.4) is 0 Å². The smallest absolute Gasteiger partial charge is 0.334 e. The van der Waals surface area contributed by atoms with Gasteiger partial charge in [0.05, 0.1) is 0 Å². The minimum absolute atomic E-state index is 0.288. The van der Waals surface area contributed by atoms with Gasteiger partial charge in [0.2, 0.25) is 0 Å². The average molecular weight is 314 g/mol. The third kappa shape index (κ3) is 3.79. The average Bonchev–Trinajstić information content (AvgIpc) is 2.47. The van der Waals surface area contributed by atoms with Crippen LogP contribution in [0.25, 0.3) is 0 Å². The van der Waals surface area contributed by atoms with Crippen molar-refractivity contribution in [1.29, 1.82) is 0 Å². The Kier molecular flexibility index (Phi) is 4.94. The molecular formula is C13H18N2O5S. The van der Waals surface area contributed by atoms with Crippen LogP contribution < -0.4 is 4.72 Å². The van der Waals surface area contributed by atoms with E-state index in [9.17, 15) is 13.2 Å². The molecule has 1 heterocycles. The van der Waals surface area contributed by atoms with Gasteiger partial charge in [0.1, 0.15) is 0 Å². The molecule has 0 saturated heterocycles.